The highest BCUT2D eigenvalue weighted by molar-refractivity contribution is 5.87. The predicted octanol–water partition coefficient (Wildman–Crippen LogP) is 2.97. The third kappa shape index (κ3) is 2.84. The van der Waals surface area contributed by atoms with Crippen molar-refractivity contribution in [3.8, 4) is 0 Å². The van der Waals surface area contributed by atoms with Crippen LogP contribution < -0.4 is 11.1 Å². The second kappa shape index (κ2) is 5.13. The molecule has 1 aromatic rings. The Morgan fingerprint density at radius 3 is 2.57 bits per heavy atom. The Balaban J connectivity index is 1.78. The van der Waals surface area contributed by atoms with E-state index in [4.69, 9.17) is 5.73 Å². The van der Waals surface area contributed by atoms with Gasteiger partial charge in [-0.05, 0) is 50.7 Å². The number of amides is 1. The molecular weight excluding hydrogens is 260 g/mol. The van der Waals surface area contributed by atoms with Crippen molar-refractivity contribution in [2.75, 3.05) is 0 Å². The van der Waals surface area contributed by atoms with Gasteiger partial charge in [-0.15, -0.1) is 0 Å². The fourth-order valence-corrected chi connectivity index (χ4v) is 3.21. The molecule has 0 spiro atoms. The molecule has 0 aromatic heterocycles. The topological polar surface area (TPSA) is 55.1 Å². The third-order valence-electron chi connectivity index (χ3n) is 5.21. The molecule has 0 aliphatic heterocycles. The summed E-state index contributed by atoms with van der Waals surface area (Å²) >= 11 is 0. The van der Waals surface area contributed by atoms with Crippen LogP contribution in [0.1, 0.15) is 63.5 Å². The van der Waals surface area contributed by atoms with E-state index in [1.165, 1.54) is 18.4 Å². The molecule has 1 aromatic carbocycles. The van der Waals surface area contributed by atoms with Crippen LogP contribution in [0.25, 0.3) is 0 Å². The second-order valence-corrected chi connectivity index (χ2v) is 7.32. The van der Waals surface area contributed by atoms with E-state index < -0.39 is 5.41 Å². The predicted molar refractivity (Wildman–Crippen MR) is 85.0 cm³/mol. The molecule has 0 unspecified atom stereocenters. The minimum atomic E-state index is -0.510. The summed E-state index contributed by atoms with van der Waals surface area (Å²) in [5.41, 5.74) is 7.86. The van der Waals surface area contributed by atoms with Gasteiger partial charge in [0.15, 0.2) is 0 Å². The van der Waals surface area contributed by atoms with Crippen LogP contribution in [0.4, 0.5) is 0 Å². The van der Waals surface area contributed by atoms with E-state index in [-0.39, 0.29) is 11.4 Å². The zero-order valence-corrected chi connectivity index (χ0v) is 13.1. The Bertz CT molecular complexity index is 540. The second-order valence-electron chi connectivity index (χ2n) is 7.32. The molecule has 2 aliphatic carbocycles. The Hall–Kier alpha value is -1.35. The summed E-state index contributed by atoms with van der Waals surface area (Å²) in [6.45, 7) is 4.01. The summed E-state index contributed by atoms with van der Waals surface area (Å²) in [7, 11) is 0. The fourth-order valence-electron chi connectivity index (χ4n) is 3.21. The highest BCUT2D eigenvalue weighted by atomic mass is 16.2. The summed E-state index contributed by atoms with van der Waals surface area (Å²) in [5.74, 6) is 0.133. The minimum Gasteiger partial charge on any atom is -0.353 e. The van der Waals surface area contributed by atoms with Crippen LogP contribution in [0.2, 0.25) is 0 Å². The van der Waals surface area contributed by atoms with Crippen molar-refractivity contribution in [1.29, 1.82) is 0 Å². The van der Waals surface area contributed by atoms with Crippen LogP contribution >= 0.6 is 0 Å². The number of nitrogens with two attached hydrogens (primary N) is 1. The van der Waals surface area contributed by atoms with Crippen molar-refractivity contribution < 1.29 is 4.79 Å². The molecule has 0 atom stereocenters. The summed E-state index contributed by atoms with van der Waals surface area (Å²) in [5, 5.41) is 3.22. The van der Waals surface area contributed by atoms with E-state index in [9.17, 15) is 4.79 Å². The van der Waals surface area contributed by atoms with Crippen LogP contribution in [-0.4, -0.2) is 11.9 Å². The first-order valence-corrected chi connectivity index (χ1v) is 8.13. The number of nitrogens with one attached hydrogen (secondary N) is 1. The zero-order chi connectivity index (χ0) is 15.1. The van der Waals surface area contributed by atoms with Gasteiger partial charge < -0.3 is 11.1 Å². The van der Waals surface area contributed by atoms with Crippen LogP contribution in [0.5, 0.6) is 0 Å². The highest BCUT2D eigenvalue weighted by Gasteiger charge is 2.41. The van der Waals surface area contributed by atoms with Gasteiger partial charge in [-0.1, -0.05) is 37.1 Å². The molecule has 3 rings (SSSR count). The van der Waals surface area contributed by atoms with E-state index in [2.05, 4.69) is 17.4 Å². The van der Waals surface area contributed by atoms with Gasteiger partial charge >= 0.3 is 0 Å². The molecule has 0 saturated heterocycles. The number of rotatable bonds is 4. The molecule has 21 heavy (non-hydrogen) atoms. The van der Waals surface area contributed by atoms with Gasteiger partial charge in [-0.3, -0.25) is 4.79 Å². The summed E-state index contributed by atoms with van der Waals surface area (Å²) in [4.78, 5) is 12.7. The number of hydrogen-bond acceptors (Lipinski definition) is 2. The van der Waals surface area contributed by atoms with Crippen molar-refractivity contribution in [2.24, 2.45) is 5.73 Å². The maximum absolute atomic E-state index is 12.7. The molecule has 0 heterocycles. The smallest absolute Gasteiger partial charge is 0.230 e. The van der Waals surface area contributed by atoms with E-state index in [1.807, 2.05) is 26.0 Å². The molecule has 1 amide bonds. The minimum absolute atomic E-state index is 0.133. The molecule has 3 heteroatoms. The lowest BCUT2D eigenvalue weighted by Crippen LogP contribution is -2.44. The normalized spacial score (nSPS) is 21.3. The van der Waals surface area contributed by atoms with Crippen molar-refractivity contribution in [2.45, 2.75) is 69.4 Å². The van der Waals surface area contributed by atoms with Crippen molar-refractivity contribution >= 4 is 5.91 Å². The number of hydrogen-bond donors (Lipinski definition) is 2. The number of carbonyl (C=O) groups excluding carboxylic acids is 1. The standard InChI is InChI=1S/C18H26N2O/c1-17(2,16(21)20-15-8-3-4-9-15)13-6-5-7-14(12-13)18(19)10-11-18/h5-7,12,15H,3-4,8-11,19H2,1-2H3,(H,20,21). The fraction of sp³-hybridized carbons (Fsp3) is 0.611. The SMILES string of the molecule is CC(C)(C(=O)NC1CCCC1)c1cccc(C2(N)CC2)c1. The van der Waals surface area contributed by atoms with Gasteiger partial charge in [-0.25, -0.2) is 0 Å². The average molecular weight is 286 g/mol. The third-order valence-corrected chi connectivity index (χ3v) is 5.21. The quantitative estimate of drug-likeness (QED) is 0.894. The maximum atomic E-state index is 12.7. The molecule has 0 radical (unpaired) electrons. The number of benzene rings is 1. The molecule has 0 bridgehead atoms. The molecule has 3 N–H and O–H groups in total. The summed E-state index contributed by atoms with van der Waals surface area (Å²) in [6, 6.07) is 8.65. The first-order chi connectivity index (χ1) is 9.92. The van der Waals surface area contributed by atoms with Gasteiger partial charge in [0.05, 0.1) is 5.41 Å². The van der Waals surface area contributed by atoms with Crippen LogP contribution in [0.3, 0.4) is 0 Å². The first kappa shape index (κ1) is 14.6. The van der Waals surface area contributed by atoms with Crippen LogP contribution in [-0.2, 0) is 15.7 Å². The summed E-state index contributed by atoms with van der Waals surface area (Å²) < 4.78 is 0. The molecular formula is C18H26N2O. The lowest BCUT2D eigenvalue weighted by molar-refractivity contribution is -0.126. The lowest BCUT2D eigenvalue weighted by atomic mass is 9.82. The largest absolute Gasteiger partial charge is 0.353 e. The molecule has 2 aliphatic rings. The van der Waals surface area contributed by atoms with E-state index >= 15 is 0 Å². The molecule has 2 fully saturated rings. The van der Waals surface area contributed by atoms with E-state index in [0.29, 0.717) is 6.04 Å². The molecule has 3 nitrogen and oxygen atoms in total. The van der Waals surface area contributed by atoms with Crippen LogP contribution in [0.15, 0.2) is 24.3 Å². The zero-order valence-electron chi connectivity index (χ0n) is 13.1. The van der Waals surface area contributed by atoms with E-state index in [1.54, 1.807) is 0 Å². The Labute approximate surface area is 127 Å². The van der Waals surface area contributed by atoms with Gasteiger partial charge in [0.2, 0.25) is 5.91 Å². The Kier molecular flexibility index (Phi) is 3.56. The highest BCUT2D eigenvalue weighted by Crippen LogP contribution is 2.43. The van der Waals surface area contributed by atoms with Crippen LogP contribution in [0, 0.1) is 0 Å². The van der Waals surface area contributed by atoms with Gasteiger partial charge in [-0.2, -0.15) is 0 Å². The number of carbonyl (C=O) groups is 1. The Morgan fingerprint density at radius 2 is 1.95 bits per heavy atom. The summed E-state index contributed by atoms with van der Waals surface area (Å²) in [6.07, 6.45) is 6.80. The Morgan fingerprint density at radius 1 is 1.29 bits per heavy atom. The van der Waals surface area contributed by atoms with Crippen molar-refractivity contribution in [3.05, 3.63) is 35.4 Å². The van der Waals surface area contributed by atoms with Gasteiger partial charge in [0.1, 0.15) is 0 Å². The molecule has 114 valence electrons. The van der Waals surface area contributed by atoms with E-state index in [0.717, 1.165) is 31.2 Å². The average Bonchev–Trinajstić information content (AvgIpc) is 3.01. The van der Waals surface area contributed by atoms with Crippen molar-refractivity contribution in [1.82, 2.24) is 5.32 Å². The maximum Gasteiger partial charge on any atom is 0.230 e. The monoisotopic (exact) mass is 286 g/mol. The van der Waals surface area contributed by atoms with Gasteiger partial charge in [0, 0.05) is 11.6 Å². The lowest BCUT2D eigenvalue weighted by Gasteiger charge is -2.27. The van der Waals surface area contributed by atoms with Gasteiger partial charge in [0.25, 0.3) is 0 Å². The molecule has 2 saturated carbocycles. The van der Waals surface area contributed by atoms with Crippen molar-refractivity contribution in [3.63, 3.8) is 0 Å². The first-order valence-electron chi connectivity index (χ1n) is 8.13.